The van der Waals surface area contributed by atoms with Crippen molar-refractivity contribution in [3.05, 3.63) is 16.8 Å². The Balaban J connectivity index is 2.98. The molecule has 0 aliphatic carbocycles. The van der Waals surface area contributed by atoms with Crippen molar-refractivity contribution in [1.29, 1.82) is 0 Å². The Bertz CT molecular complexity index is 206. The average molecular weight is 126 g/mol. The number of aromatic amines is 1. The summed E-state index contributed by atoms with van der Waals surface area (Å²) < 4.78 is 0. The van der Waals surface area contributed by atoms with Gasteiger partial charge in [0.1, 0.15) is 5.69 Å². The molecule has 1 aromatic rings. The second kappa shape index (κ2) is 2.36. The number of hydrogen-bond acceptors (Lipinski definition) is 4. The van der Waals surface area contributed by atoms with Crippen molar-refractivity contribution in [2.75, 3.05) is 0 Å². The van der Waals surface area contributed by atoms with Crippen LogP contribution in [0.25, 0.3) is 0 Å². The summed E-state index contributed by atoms with van der Waals surface area (Å²) in [5.41, 5.74) is 6.06. The highest BCUT2D eigenvalue weighted by molar-refractivity contribution is 5.38. The fraction of sp³-hybridized carbons (Fsp3) is 0.250. The summed E-state index contributed by atoms with van der Waals surface area (Å²) >= 11 is 0. The number of H-pyrrole nitrogens is 1. The molecule has 1 heterocycles. The quantitative estimate of drug-likeness (QED) is 0.557. The second-order valence-corrected chi connectivity index (χ2v) is 1.53. The van der Waals surface area contributed by atoms with Crippen LogP contribution < -0.4 is 5.73 Å². The second-order valence-electron chi connectivity index (χ2n) is 1.53. The first-order valence-corrected chi connectivity index (χ1v) is 2.44. The van der Waals surface area contributed by atoms with Crippen molar-refractivity contribution >= 4 is 5.69 Å². The molecule has 0 unspecified atom stereocenters. The highest BCUT2D eigenvalue weighted by atomic mass is 16.3. The minimum Gasteiger partial charge on any atom is -0.325 e. The van der Waals surface area contributed by atoms with E-state index in [0.29, 0.717) is 5.69 Å². The highest BCUT2D eigenvalue weighted by Gasteiger charge is 2.00. The van der Waals surface area contributed by atoms with Crippen LogP contribution in [0.4, 0.5) is 5.69 Å². The molecule has 3 N–H and O–H groups in total. The molecule has 0 saturated heterocycles. The minimum absolute atomic E-state index is 0.265. The fourth-order valence-corrected chi connectivity index (χ4v) is 0.535. The van der Waals surface area contributed by atoms with Crippen LogP contribution in [0.5, 0.6) is 0 Å². The molecule has 0 aromatic carbocycles. The lowest BCUT2D eigenvalue weighted by Crippen LogP contribution is -1.96. The Kier molecular flexibility index (Phi) is 1.55. The lowest BCUT2D eigenvalue weighted by Gasteiger charge is -1.85. The molecule has 0 bridgehead atoms. The summed E-state index contributed by atoms with van der Waals surface area (Å²) in [6.07, 6.45) is 1.34. The van der Waals surface area contributed by atoms with Crippen molar-refractivity contribution in [1.82, 2.24) is 10.2 Å². The summed E-state index contributed by atoms with van der Waals surface area (Å²) in [6.45, 7) is 0.265. The summed E-state index contributed by atoms with van der Waals surface area (Å²) in [4.78, 5) is 9.88. The van der Waals surface area contributed by atoms with Gasteiger partial charge in [0.2, 0.25) is 0 Å². The standard InChI is InChI=1S/C4H6N4O/c5-1-3-4(8-9)2-6-7-3/h2H,1,5H2,(H,6,7). The number of hydrogen-bond donors (Lipinski definition) is 2. The highest BCUT2D eigenvalue weighted by Crippen LogP contribution is 2.12. The van der Waals surface area contributed by atoms with Crippen molar-refractivity contribution in [2.24, 2.45) is 10.9 Å². The van der Waals surface area contributed by atoms with Crippen molar-refractivity contribution < 1.29 is 0 Å². The fourth-order valence-electron chi connectivity index (χ4n) is 0.535. The molecule has 0 saturated carbocycles. The molecule has 5 nitrogen and oxygen atoms in total. The zero-order chi connectivity index (χ0) is 6.69. The molecular weight excluding hydrogens is 120 g/mol. The predicted molar refractivity (Wildman–Crippen MR) is 31.9 cm³/mol. The molecule has 0 aliphatic heterocycles. The van der Waals surface area contributed by atoms with E-state index in [4.69, 9.17) is 5.73 Å². The first-order valence-electron chi connectivity index (χ1n) is 2.44. The first kappa shape index (κ1) is 5.90. The molecule has 0 fully saturated rings. The monoisotopic (exact) mass is 126 g/mol. The molecule has 9 heavy (non-hydrogen) atoms. The van der Waals surface area contributed by atoms with Gasteiger partial charge in [-0.3, -0.25) is 5.10 Å². The normalized spacial score (nSPS) is 9.44. The zero-order valence-electron chi connectivity index (χ0n) is 4.66. The van der Waals surface area contributed by atoms with Crippen LogP contribution in [0.1, 0.15) is 5.69 Å². The van der Waals surface area contributed by atoms with E-state index in [1.165, 1.54) is 6.20 Å². The first-order chi connectivity index (χ1) is 4.38. The van der Waals surface area contributed by atoms with Gasteiger partial charge < -0.3 is 5.73 Å². The summed E-state index contributed by atoms with van der Waals surface area (Å²) in [5, 5.41) is 8.78. The van der Waals surface area contributed by atoms with Gasteiger partial charge in [-0.15, -0.1) is 4.91 Å². The average Bonchev–Trinajstić information content (AvgIpc) is 2.33. The maximum absolute atomic E-state index is 9.88. The number of rotatable bonds is 2. The number of nitrogens with zero attached hydrogens (tertiary/aromatic N) is 2. The molecule has 0 aliphatic rings. The van der Waals surface area contributed by atoms with Crippen LogP contribution in [0, 0.1) is 4.91 Å². The molecule has 0 amide bonds. The van der Waals surface area contributed by atoms with Crippen LogP contribution in [0.3, 0.4) is 0 Å². The molecule has 0 radical (unpaired) electrons. The number of aromatic nitrogens is 2. The van der Waals surface area contributed by atoms with Gasteiger partial charge >= 0.3 is 0 Å². The molecule has 5 heteroatoms. The van der Waals surface area contributed by atoms with Crippen LogP contribution in [-0.2, 0) is 6.54 Å². The van der Waals surface area contributed by atoms with Gasteiger partial charge in [-0.2, -0.15) is 5.10 Å². The van der Waals surface area contributed by atoms with Crippen LogP contribution >= 0.6 is 0 Å². The molecular formula is C4H6N4O. The smallest absolute Gasteiger partial charge is 0.150 e. The predicted octanol–water partition coefficient (Wildman–Crippen LogP) is 0.266. The minimum atomic E-state index is 0.265. The van der Waals surface area contributed by atoms with Gasteiger partial charge in [0.05, 0.1) is 11.9 Å². The van der Waals surface area contributed by atoms with Gasteiger partial charge in [0.15, 0.2) is 0 Å². The molecule has 0 atom stereocenters. The third-order valence-corrected chi connectivity index (χ3v) is 0.998. The third-order valence-electron chi connectivity index (χ3n) is 0.998. The van der Waals surface area contributed by atoms with Crippen LogP contribution in [0.15, 0.2) is 11.4 Å². The summed E-state index contributed by atoms with van der Waals surface area (Å²) in [5.74, 6) is 0. The number of nitroso groups, excluding NO2 is 1. The Morgan fingerprint density at radius 3 is 3.11 bits per heavy atom. The van der Waals surface area contributed by atoms with E-state index in [0.717, 1.165) is 0 Å². The van der Waals surface area contributed by atoms with Gasteiger partial charge in [0, 0.05) is 6.54 Å². The Hall–Kier alpha value is -1.23. The topological polar surface area (TPSA) is 84.1 Å². The number of nitrogens with two attached hydrogens (primary N) is 1. The van der Waals surface area contributed by atoms with Gasteiger partial charge in [-0.1, -0.05) is 0 Å². The Labute approximate surface area is 51.2 Å². The SMILES string of the molecule is NCc1[nH]ncc1N=O. The summed E-state index contributed by atoms with van der Waals surface area (Å²) in [7, 11) is 0. The molecule has 0 spiro atoms. The van der Waals surface area contributed by atoms with E-state index in [1.54, 1.807) is 0 Å². The lowest BCUT2D eigenvalue weighted by molar-refractivity contribution is 0.947. The van der Waals surface area contributed by atoms with E-state index in [9.17, 15) is 4.91 Å². The Morgan fingerprint density at radius 2 is 2.67 bits per heavy atom. The van der Waals surface area contributed by atoms with E-state index in [2.05, 4.69) is 15.4 Å². The van der Waals surface area contributed by atoms with E-state index in [-0.39, 0.29) is 12.2 Å². The van der Waals surface area contributed by atoms with Crippen molar-refractivity contribution in [2.45, 2.75) is 6.54 Å². The molecule has 1 aromatic heterocycles. The van der Waals surface area contributed by atoms with E-state index < -0.39 is 0 Å². The molecule has 48 valence electrons. The van der Waals surface area contributed by atoms with Gasteiger partial charge in [-0.05, 0) is 5.18 Å². The van der Waals surface area contributed by atoms with Gasteiger partial charge in [-0.25, -0.2) is 0 Å². The van der Waals surface area contributed by atoms with Crippen molar-refractivity contribution in [3.8, 4) is 0 Å². The van der Waals surface area contributed by atoms with Gasteiger partial charge in [0.25, 0.3) is 0 Å². The van der Waals surface area contributed by atoms with Crippen molar-refractivity contribution in [3.63, 3.8) is 0 Å². The maximum atomic E-state index is 9.88. The zero-order valence-corrected chi connectivity index (χ0v) is 4.66. The lowest BCUT2D eigenvalue weighted by atomic mass is 10.4. The summed E-state index contributed by atoms with van der Waals surface area (Å²) in [6, 6.07) is 0. The van der Waals surface area contributed by atoms with Crippen LogP contribution in [0.2, 0.25) is 0 Å². The molecule has 1 rings (SSSR count). The van der Waals surface area contributed by atoms with E-state index >= 15 is 0 Å². The van der Waals surface area contributed by atoms with E-state index in [1.807, 2.05) is 0 Å². The Morgan fingerprint density at radius 1 is 1.89 bits per heavy atom. The maximum Gasteiger partial charge on any atom is 0.150 e. The third kappa shape index (κ3) is 0.945. The number of nitrogens with one attached hydrogen (secondary N) is 1. The largest absolute Gasteiger partial charge is 0.325 e. The van der Waals surface area contributed by atoms with Crippen LogP contribution in [-0.4, -0.2) is 10.2 Å².